The number of hydrogen-bond acceptors (Lipinski definition) is 3. The van der Waals surface area contributed by atoms with E-state index < -0.39 is 17.1 Å². The second-order valence-electron chi connectivity index (χ2n) is 3.24. The van der Waals surface area contributed by atoms with Crippen molar-refractivity contribution in [2.45, 2.75) is 0 Å². The second kappa shape index (κ2) is 3.53. The van der Waals surface area contributed by atoms with Crippen molar-refractivity contribution in [3.05, 3.63) is 39.1 Å². The number of halogens is 1. The van der Waals surface area contributed by atoms with E-state index >= 15 is 0 Å². The average molecular weight is 239 g/mol. The molecular weight excluding hydrogens is 232 g/mol. The van der Waals surface area contributed by atoms with Crippen molar-refractivity contribution >= 4 is 34.2 Å². The van der Waals surface area contributed by atoms with E-state index in [9.17, 15) is 9.59 Å². The zero-order valence-electron chi connectivity index (χ0n) is 7.95. The van der Waals surface area contributed by atoms with Gasteiger partial charge >= 0.3 is 5.97 Å². The highest BCUT2D eigenvalue weighted by Crippen LogP contribution is 2.23. The monoisotopic (exact) mass is 238 g/mol. The van der Waals surface area contributed by atoms with Crippen molar-refractivity contribution in [2.75, 3.05) is 5.73 Å². The number of hydrogen-bond donors (Lipinski definition) is 3. The fourth-order valence-electron chi connectivity index (χ4n) is 1.50. The van der Waals surface area contributed by atoms with Crippen LogP contribution in [-0.4, -0.2) is 16.1 Å². The number of aromatic amines is 1. The van der Waals surface area contributed by atoms with E-state index in [2.05, 4.69) is 4.98 Å². The van der Waals surface area contributed by atoms with Gasteiger partial charge in [-0.25, -0.2) is 4.79 Å². The molecular formula is C10H7ClN2O3. The number of benzene rings is 1. The summed E-state index contributed by atoms with van der Waals surface area (Å²) in [5, 5.41) is 9.68. The first-order valence-corrected chi connectivity index (χ1v) is 4.73. The highest BCUT2D eigenvalue weighted by atomic mass is 35.5. The zero-order chi connectivity index (χ0) is 11.9. The number of carbonyl (C=O) groups is 1. The van der Waals surface area contributed by atoms with Crippen LogP contribution in [-0.2, 0) is 0 Å². The Kier molecular flexibility index (Phi) is 2.32. The van der Waals surface area contributed by atoms with E-state index in [0.29, 0.717) is 15.9 Å². The molecule has 0 amide bonds. The number of carboxylic acid groups (broad SMARTS) is 1. The number of fused-ring (bicyclic) bond motifs is 1. The lowest BCUT2D eigenvalue weighted by molar-refractivity contribution is 0.0696. The van der Waals surface area contributed by atoms with E-state index in [1.807, 2.05) is 0 Å². The van der Waals surface area contributed by atoms with Gasteiger partial charge in [-0.05, 0) is 18.2 Å². The molecule has 0 saturated carbocycles. The van der Waals surface area contributed by atoms with Gasteiger partial charge in [-0.1, -0.05) is 11.6 Å². The molecule has 0 aliphatic heterocycles. The van der Waals surface area contributed by atoms with Crippen molar-refractivity contribution in [3.8, 4) is 0 Å². The Morgan fingerprint density at radius 1 is 1.44 bits per heavy atom. The van der Waals surface area contributed by atoms with Gasteiger partial charge in [-0.2, -0.15) is 0 Å². The zero-order valence-corrected chi connectivity index (χ0v) is 8.71. The van der Waals surface area contributed by atoms with Crippen LogP contribution < -0.4 is 11.3 Å². The number of carboxylic acids is 1. The molecule has 0 unspecified atom stereocenters. The minimum atomic E-state index is -1.36. The maximum Gasteiger partial charge on any atom is 0.343 e. The summed E-state index contributed by atoms with van der Waals surface area (Å²) in [6.07, 6.45) is 0. The second-order valence-corrected chi connectivity index (χ2v) is 3.67. The number of nitrogens with one attached hydrogen (secondary N) is 1. The van der Waals surface area contributed by atoms with Gasteiger partial charge in [0.1, 0.15) is 5.56 Å². The summed E-state index contributed by atoms with van der Waals surface area (Å²) in [4.78, 5) is 24.7. The standard InChI is InChI=1S/C10H7ClN2O3/c11-4-1-2-6-5(3-4)8(12)7(10(15)16)9(14)13-6/h1-3H,(H,15,16)(H3,12,13,14). The summed E-state index contributed by atoms with van der Waals surface area (Å²) < 4.78 is 0. The predicted octanol–water partition coefficient (Wildman–Crippen LogP) is 1.46. The van der Waals surface area contributed by atoms with Crippen LogP contribution >= 0.6 is 11.6 Å². The highest BCUT2D eigenvalue weighted by Gasteiger charge is 2.16. The molecule has 0 aliphatic rings. The molecule has 16 heavy (non-hydrogen) atoms. The Hall–Kier alpha value is -2.01. The molecule has 0 saturated heterocycles. The van der Waals surface area contributed by atoms with Crippen LogP contribution in [0.25, 0.3) is 10.9 Å². The Morgan fingerprint density at radius 2 is 2.12 bits per heavy atom. The lowest BCUT2D eigenvalue weighted by atomic mass is 10.1. The van der Waals surface area contributed by atoms with Gasteiger partial charge in [-0.3, -0.25) is 4.79 Å². The van der Waals surface area contributed by atoms with Gasteiger partial charge in [0.2, 0.25) is 0 Å². The summed E-state index contributed by atoms with van der Waals surface area (Å²) in [5.41, 5.74) is 4.82. The van der Waals surface area contributed by atoms with E-state index in [4.69, 9.17) is 22.4 Å². The molecule has 1 aromatic heterocycles. The summed E-state index contributed by atoms with van der Waals surface area (Å²) in [6, 6.07) is 4.66. The quantitative estimate of drug-likeness (QED) is 0.701. The van der Waals surface area contributed by atoms with Gasteiger partial charge in [0.25, 0.3) is 5.56 Å². The molecule has 0 radical (unpaired) electrons. The molecule has 0 spiro atoms. The SMILES string of the molecule is Nc1c(C(=O)O)c(=O)[nH]c2ccc(Cl)cc12. The van der Waals surface area contributed by atoms with E-state index in [-0.39, 0.29) is 5.69 Å². The molecule has 0 atom stereocenters. The van der Waals surface area contributed by atoms with Crippen LogP contribution in [0.1, 0.15) is 10.4 Å². The van der Waals surface area contributed by atoms with E-state index in [1.54, 1.807) is 12.1 Å². The van der Waals surface area contributed by atoms with Gasteiger partial charge in [-0.15, -0.1) is 0 Å². The third kappa shape index (κ3) is 1.51. The summed E-state index contributed by atoms with van der Waals surface area (Å²) in [5.74, 6) is -1.36. The normalized spacial score (nSPS) is 10.6. The molecule has 0 fully saturated rings. The Balaban J connectivity index is 2.96. The van der Waals surface area contributed by atoms with Gasteiger partial charge in [0.15, 0.2) is 0 Å². The van der Waals surface area contributed by atoms with E-state index in [1.165, 1.54) is 6.07 Å². The fourth-order valence-corrected chi connectivity index (χ4v) is 1.67. The van der Waals surface area contributed by atoms with Crippen molar-refractivity contribution in [1.29, 1.82) is 0 Å². The number of nitrogen functional groups attached to an aromatic ring is 1. The molecule has 82 valence electrons. The summed E-state index contributed by atoms with van der Waals surface area (Å²) >= 11 is 5.77. The first-order valence-electron chi connectivity index (χ1n) is 4.35. The number of rotatable bonds is 1. The topological polar surface area (TPSA) is 96.2 Å². The third-order valence-corrected chi connectivity index (χ3v) is 2.47. The smallest absolute Gasteiger partial charge is 0.343 e. The molecule has 5 nitrogen and oxygen atoms in total. The molecule has 1 aromatic carbocycles. The molecule has 2 rings (SSSR count). The van der Waals surface area contributed by atoms with Gasteiger partial charge < -0.3 is 15.8 Å². The van der Waals surface area contributed by atoms with Crippen molar-refractivity contribution in [1.82, 2.24) is 4.98 Å². The maximum atomic E-state index is 11.4. The summed E-state index contributed by atoms with van der Waals surface area (Å²) in [7, 11) is 0. The third-order valence-electron chi connectivity index (χ3n) is 2.23. The van der Waals surface area contributed by atoms with Crippen LogP contribution in [0, 0.1) is 0 Å². The number of aromatic carboxylic acids is 1. The number of pyridine rings is 1. The lowest BCUT2D eigenvalue weighted by Gasteiger charge is -2.05. The largest absolute Gasteiger partial charge is 0.477 e. The molecule has 0 bridgehead atoms. The Labute approximate surface area is 94.5 Å². The Bertz CT molecular complexity index is 648. The molecule has 0 aliphatic carbocycles. The number of nitrogens with two attached hydrogens (primary N) is 1. The van der Waals surface area contributed by atoms with Crippen LogP contribution in [0.5, 0.6) is 0 Å². The first kappa shape index (κ1) is 10.5. The lowest BCUT2D eigenvalue weighted by Crippen LogP contribution is -2.20. The van der Waals surface area contributed by atoms with Crippen molar-refractivity contribution in [3.63, 3.8) is 0 Å². The average Bonchev–Trinajstić information content (AvgIpc) is 2.19. The van der Waals surface area contributed by atoms with Crippen LogP contribution in [0.15, 0.2) is 23.0 Å². The number of anilines is 1. The molecule has 2 aromatic rings. The highest BCUT2D eigenvalue weighted by molar-refractivity contribution is 6.31. The maximum absolute atomic E-state index is 11.4. The first-order chi connectivity index (χ1) is 7.50. The molecule has 1 heterocycles. The summed E-state index contributed by atoms with van der Waals surface area (Å²) in [6.45, 7) is 0. The van der Waals surface area contributed by atoms with Gasteiger partial charge in [0, 0.05) is 10.4 Å². The number of aromatic nitrogens is 1. The Morgan fingerprint density at radius 3 is 2.75 bits per heavy atom. The van der Waals surface area contributed by atoms with Crippen molar-refractivity contribution in [2.24, 2.45) is 0 Å². The van der Waals surface area contributed by atoms with Crippen LogP contribution in [0.3, 0.4) is 0 Å². The predicted molar refractivity (Wildman–Crippen MR) is 61.0 cm³/mol. The molecule has 6 heteroatoms. The molecule has 4 N–H and O–H groups in total. The van der Waals surface area contributed by atoms with Gasteiger partial charge in [0.05, 0.1) is 11.2 Å². The fraction of sp³-hybridized carbons (Fsp3) is 0. The van der Waals surface area contributed by atoms with Crippen molar-refractivity contribution < 1.29 is 9.90 Å². The minimum Gasteiger partial charge on any atom is -0.477 e. The number of H-pyrrole nitrogens is 1. The van der Waals surface area contributed by atoms with Crippen LogP contribution in [0.4, 0.5) is 5.69 Å². The van der Waals surface area contributed by atoms with E-state index in [0.717, 1.165) is 0 Å². The van der Waals surface area contributed by atoms with Crippen LogP contribution in [0.2, 0.25) is 5.02 Å². The minimum absolute atomic E-state index is 0.0752.